The van der Waals surface area contributed by atoms with Crippen LogP contribution in [0.25, 0.3) is 0 Å². The maximum Gasteiger partial charge on any atom is 0.326 e. The lowest BCUT2D eigenvalue weighted by Gasteiger charge is -2.13. The van der Waals surface area contributed by atoms with Gasteiger partial charge in [-0.2, -0.15) is 0 Å². The summed E-state index contributed by atoms with van der Waals surface area (Å²) in [6.45, 7) is 2.88. The van der Waals surface area contributed by atoms with E-state index in [1.165, 1.54) is 31.2 Å². The molecule has 0 spiro atoms. The molecule has 2 rings (SSSR count). The van der Waals surface area contributed by atoms with Gasteiger partial charge in [-0.25, -0.2) is 13.2 Å². The lowest BCUT2D eigenvalue weighted by Crippen LogP contribution is -2.40. The van der Waals surface area contributed by atoms with Crippen LogP contribution >= 0.6 is 11.3 Å². The molecule has 1 aromatic carbocycles. The number of carboxylic acids is 1. The van der Waals surface area contributed by atoms with Crippen molar-refractivity contribution in [1.29, 1.82) is 0 Å². The summed E-state index contributed by atoms with van der Waals surface area (Å²) < 4.78 is 27.0. The van der Waals surface area contributed by atoms with Gasteiger partial charge in [-0.05, 0) is 37.6 Å². The molecule has 1 heterocycles. The van der Waals surface area contributed by atoms with Crippen LogP contribution in [0.2, 0.25) is 0 Å². The second kappa shape index (κ2) is 9.43. The first kappa shape index (κ1) is 22.2. The maximum atomic E-state index is 12.3. The molecule has 1 aromatic heterocycles. The van der Waals surface area contributed by atoms with E-state index < -0.39 is 33.8 Å². The minimum absolute atomic E-state index is 0.0278. The van der Waals surface area contributed by atoms with Crippen molar-refractivity contribution in [1.82, 2.24) is 15.5 Å². The summed E-state index contributed by atoms with van der Waals surface area (Å²) in [4.78, 5) is 34.0. The van der Waals surface area contributed by atoms with Gasteiger partial charge < -0.3 is 15.7 Å². The second-order valence-corrected chi connectivity index (χ2v) is 8.80. The Morgan fingerprint density at radius 3 is 2.34 bits per heavy atom. The first-order chi connectivity index (χ1) is 13.6. The largest absolute Gasteiger partial charge is 0.480 e. The number of sulfonamides is 1. The maximum absolute atomic E-state index is 12.3. The molecule has 156 valence electrons. The zero-order valence-electron chi connectivity index (χ0n) is 15.5. The summed E-state index contributed by atoms with van der Waals surface area (Å²) in [5.74, 6) is -2.22. The quantitative estimate of drug-likeness (QED) is 0.446. The van der Waals surface area contributed by atoms with E-state index in [-0.39, 0.29) is 22.9 Å². The lowest BCUT2D eigenvalue weighted by atomic mass is 10.1. The van der Waals surface area contributed by atoms with E-state index in [0.717, 1.165) is 11.3 Å². The molecule has 0 bridgehead atoms. The van der Waals surface area contributed by atoms with Crippen molar-refractivity contribution >= 4 is 50.0 Å². The third kappa shape index (κ3) is 6.80. The van der Waals surface area contributed by atoms with E-state index in [0.29, 0.717) is 10.7 Å². The van der Waals surface area contributed by atoms with Crippen LogP contribution in [0, 0.1) is 6.92 Å². The fourth-order valence-corrected chi connectivity index (χ4v) is 4.05. The number of benzene rings is 1. The van der Waals surface area contributed by atoms with Gasteiger partial charge in [0.25, 0.3) is 10.0 Å². The number of aliphatic carboxylic acids is 1. The highest BCUT2D eigenvalue weighted by atomic mass is 32.2. The summed E-state index contributed by atoms with van der Waals surface area (Å²) in [5, 5.41) is 22.0. The second-order valence-electron chi connectivity index (χ2n) is 5.93. The van der Waals surface area contributed by atoms with Crippen LogP contribution in [0.5, 0.6) is 0 Å². The van der Waals surface area contributed by atoms with E-state index >= 15 is 0 Å². The van der Waals surface area contributed by atoms with Crippen molar-refractivity contribution in [2.75, 3.05) is 10.0 Å². The van der Waals surface area contributed by atoms with Crippen molar-refractivity contribution in [3.8, 4) is 0 Å². The highest BCUT2D eigenvalue weighted by Gasteiger charge is 2.20. The zero-order chi connectivity index (χ0) is 21.6. The van der Waals surface area contributed by atoms with Gasteiger partial charge >= 0.3 is 5.97 Å². The number of nitrogens with zero attached hydrogens (tertiary/aromatic N) is 2. The molecular formula is C16H19N5O6S2. The summed E-state index contributed by atoms with van der Waals surface area (Å²) in [6.07, 6.45) is -0.229. The molecule has 1 atom stereocenters. The third-order valence-electron chi connectivity index (χ3n) is 3.53. The van der Waals surface area contributed by atoms with Gasteiger partial charge in [0, 0.05) is 19.0 Å². The predicted octanol–water partition coefficient (Wildman–Crippen LogP) is 0.955. The Balaban J connectivity index is 1.95. The number of carbonyl (C=O) groups excluding carboxylic acids is 2. The summed E-state index contributed by atoms with van der Waals surface area (Å²) in [7, 11) is -3.85. The molecule has 0 saturated heterocycles. The smallest absolute Gasteiger partial charge is 0.326 e. The Kier molecular flexibility index (Phi) is 7.23. The van der Waals surface area contributed by atoms with Crippen molar-refractivity contribution < 1.29 is 27.9 Å². The molecule has 0 aliphatic heterocycles. The van der Waals surface area contributed by atoms with Gasteiger partial charge in [-0.1, -0.05) is 11.3 Å². The van der Waals surface area contributed by atoms with Gasteiger partial charge in [-0.3, -0.25) is 14.3 Å². The highest BCUT2D eigenvalue weighted by molar-refractivity contribution is 7.93. The summed E-state index contributed by atoms with van der Waals surface area (Å²) >= 11 is 1.10. The van der Waals surface area contributed by atoms with Gasteiger partial charge in [0.05, 0.1) is 4.90 Å². The van der Waals surface area contributed by atoms with Crippen molar-refractivity contribution in [3.05, 3.63) is 29.3 Å². The lowest BCUT2D eigenvalue weighted by molar-refractivity contribution is -0.141. The van der Waals surface area contributed by atoms with Gasteiger partial charge in [0.15, 0.2) is 0 Å². The number of hydrogen-bond donors (Lipinski definition) is 4. The molecule has 4 N–H and O–H groups in total. The first-order valence-electron chi connectivity index (χ1n) is 8.29. The molecule has 2 amide bonds. The van der Waals surface area contributed by atoms with Gasteiger partial charge in [0.2, 0.25) is 16.9 Å². The van der Waals surface area contributed by atoms with Gasteiger partial charge in [-0.15, -0.1) is 10.2 Å². The number of rotatable bonds is 9. The number of aryl methyl sites for hydroxylation is 1. The fourth-order valence-electron chi connectivity index (χ4n) is 2.23. The zero-order valence-corrected chi connectivity index (χ0v) is 17.1. The Hall–Kier alpha value is -3.06. The Morgan fingerprint density at radius 2 is 1.83 bits per heavy atom. The number of hydrogen-bond acceptors (Lipinski definition) is 8. The molecule has 0 unspecified atom stereocenters. The van der Waals surface area contributed by atoms with E-state index in [9.17, 15) is 22.8 Å². The molecule has 0 saturated carbocycles. The highest BCUT2D eigenvalue weighted by Crippen LogP contribution is 2.20. The molecule has 0 radical (unpaired) electrons. The minimum Gasteiger partial charge on any atom is -0.480 e. The number of anilines is 2. The van der Waals surface area contributed by atoms with E-state index in [4.69, 9.17) is 5.11 Å². The molecule has 2 aromatic rings. The number of amides is 2. The van der Waals surface area contributed by atoms with Crippen molar-refractivity contribution in [3.63, 3.8) is 0 Å². The summed E-state index contributed by atoms with van der Waals surface area (Å²) in [6, 6.07) is 4.26. The Bertz CT molecular complexity index is 1000. The fraction of sp³-hybridized carbons (Fsp3) is 0.312. The van der Waals surface area contributed by atoms with Crippen LogP contribution in [0.15, 0.2) is 29.2 Å². The Morgan fingerprint density at radius 1 is 1.17 bits per heavy atom. The monoisotopic (exact) mass is 441 g/mol. The normalized spacial score (nSPS) is 12.1. The predicted molar refractivity (Wildman–Crippen MR) is 105 cm³/mol. The average Bonchev–Trinajstić information content (AvgIpc) is 3.02. The number of carboxylic acid groups (broad SMARTS) is 1. The molecule has 0 aliphatic carbocycles. The summed E-state index contributed by atoms with van der Waals surface area (Å²) in [5.41, 5.74) is 0.340. The van der Waals surface area contributed by atoms with Crippen LogP contribution in [-0.2, 0) is 24.4 Å². The molecule has 0 aliphatic rings. The molecule has 11 nitrogen and oxygen atoms in total. The van der Waals surface area contributed by atoms with Crippen molar-refractivity contribution in [2.24, 2.45) is 0 Å². The molecule has 13 heteroatoms. The molecule has 29 heavy (non-hydrogen) atoms. The number of nitrogens with one attached hydrogen (secondary N) is 3. The van der Waals surface area contributed by atoms with Crippen LogP contribution in [0.1, 0.15) is 24.8 Å². The topological polar surface area (TPSA) is 167 Å². The van der Waals surface area contributed by atoms with Crippen LogP contribution < -0.4 is 15.4 Å². The van der Waals surface area contributed by atoms with Crippen molar-refractivity contribution in [2.45, 2.75) is 37.6 Å². The standard InChI is InChI=1S/C16H19N5O6S2/c1-9(22)17-13(15(24)25)7-8-14(23)18-11-3-5-12(6-4-11)29(26,27)21-16-20-19-10(2)28-16/h3-6,13H,7-8H2,1-2H3,(H,17,22)(H,18,23)(H,20,21)(H,24,25)/t13-/m0/s1. The third-order valence-corrected chi connectivity index (χ3v) is 5.77. The van der Waals surface area contributed by atoms with Crippen LogP contribution in [0.4, 0.5) is 10.8 Å². The first-order valence-corrected chi connectivity index (χ1v) is 10.6. The number of carbonyl (C=O) groups is 3. The van der Waals surface area contributed by atoms with E-state index in [1.807, 2.05) is 0 Å². The van der Waals surface area contributed by atoms with Crippen LogP contribution in [0.3, 0.4) is 0 Å². The van der Waals surface area contributed by atoms with Crippen LogP contribution in [-0.4, -0.2) is 47.5 Å². The molecule has 0 fully saturated rings. The van der Waals surface area contributed by atoms with E-state index in [1.54, 1.807) is 6.92 Å². The number of aromatic nitrogens is 2. The van der Waals surface area contributed by atoms with Gasteiger partial charge in [0.1, 0.15) is 11.0 Å². The average molecular weight is 441 g/mol. The Labute approximate surface area is 170 Å². The molecular weight excluding hydrogens is 422 g/mol. The van der Waals surface area contributed by atoms with E-state index in [2.05, 4.69) is 25.6 Å². The SMILES string of the molecule is CC(=O)N[C@@H](CCC(=O)Nc1ccc(S(=O)(=O)Nc2nnc(C)s2)cc1)C(=O)O. The minimum atomic E-state index is -3.85.